The van der Waals surface area contributed by atoms with Crippen LogP contribution < -0.4 is 15.0 Å². The molecule has 26 heavy (non-hydrogen) atoms. The predicted molar refractivity (Wildman–Crippen MR) is 99.2 cm³/mol. The van der Waals surface area contributed by atoms with Crippen LogP contribution in [0.2, 0.25) is 5.02 Å². The standard InChI is InChI=1S/C19H20ClN3O3/c1-12(2)23-16-15(9-6-10-21-16)26-19(3,18(23)25)17(24)22-11-13-7-4-5-8-14(13)20/h4-10,12H,11H2,1-3H3,(H,22,24). The molecule has 0 fully saturated rings. The molecule has 0 aliphatic carbocycles. The molecule has 0 spiro atoms. The first-order valence-corrected chi connectivity index (χ1v) is 8.72. The summed E-state index contributed by atoms with van der Waals surface area (Å²) in [6.45, 7) is 5.41. The Bertz CT molecular complexity index is 855. The van der Waals surface area contributed by atoms with Crippen LogP contribution >= 0.6 is 11.6 Å². The van der Waals surface area contributed by atoms with Gasteiger partial charge in [-0.3, -0.25) is 14.5 Å². The van der Waals surface area contributed by atoms with Crippen LogP contribution in [0, 0.1) is 0 Å². The number of hydrogen-bond acceptors (Lipinski definition) is 4. The summed E-state index contributed by atoms with van der Waals surface area (Å²) in [5, 5.41) is 3.30. The molecular weight excluding hydrogens is 354 g/mol. The Morgan fingerprint density at radius 3 is 2.73 bits per heavy atom. The third kappa shape index (κ3) is 3.12. The Morgan fingerprint density at radius 1 is 1.31 bits per heavy atom. The van der Waals surface area contributed by atoms with E-state index in [0.29, 0.717) is 16.6 Å². The first kappa shape index (κ1) is 18.2. The monoisotopic (exact) mass is 373 g/mol. The number of amides is 2. The average Bonchev–Trinajstić information content (AvgIpc) is 2.61. The SMILES string of the molecule is CC(C)N1C(=O)C(C)(C(=O)NCc2ccccc2Cl)Oc2cccnc21. The third-order valence-corrected chi connectivity index (χ3v) is 4.64. The molecule has 1 aromatic heterocycles. The molecule has 1 N–H and O–H groups in total. The van der Waals surface area contributed by atoms with Crippen molar-refractivity contribution in [3.63, 3.8) is 0 Å². The molecule has 7 heteroatoms. The zero-order valence-corrected chi connectivity index (χ0v) is 15.6. The van der Waals surface area contributed by atoms with Crippen LogP contribution in [-0.2, 0) is 16.1 Å². The van der Waals surface area contributed by atoms with E-state index in [-0.39, 0.29) is 12.6 Å². The Labute approximate surface area is 157 Å². The van der Waals surface area contributed by atoms with Crippen molar-refractivity contribution in [1.29, 1.82) is 0 Å². The summed E-state index contributed by atoms with van der Waals surface area (Å²) in [5.74, 6) is -0.155. The van der Waals surface area contributed by atoms with E-state index in [2.05, 4.69) is 10.3 Å². The smallest absolute Gasteiger partial charge is 0.282 e. The van der Waals surface area contributed by atoms with Gasteiger partial charge in [0.05, 0.1) is 0 Å². The highest BCUT2D eigenvalue weighted by atomic mass is 35.5. The van der Waals surface area contributed by atoms with Crippen LogP contribution in [0.25, 0.3) is 0 Å². The van der Waals surface area contributed by atoms with E-state index in [1.807, 2.05) is 32.0 Å². The Morgan fingerprint density at radius 2 is 2.04 bits per heavy atom. The van der Waals surface area contributed by atoms with Gasteiger partial charge in [-0.2, -0.15) is 0 Å². The van der Waals surface area contributed by atoms with Gasteiger partial charge in [0.1, 0.15) is 0 Å². The highest BCUT2D eigenvalue weighted by molar-refractivity contribution is 6.31. The number of benzene rings is 1. The molecule has 3 rings (SSSR count). The number of rotatable bonds is 4. The van der Waals surface area contributed by atoms with Crippen LogP contribution in [0.5, 0.6) is 5.75 Å². The van der Waals surface area contributed by atoms with Crippen molar-refractivity contribution in [1.82, 2.24) is 10.3 Å². The van der Waals surface area contributed by atoms with E-state index in [1.165, 1.54) is 11.8 Å². The summed E-state index contributed by atoms with van der Waals surface area (Å²) in [6.07, 6.45) is 1.59. The van der Waals surface area contributed by atoms with Gasteiger partial charge >= 0.3 is 0 Å². The maximum atomic E-state index is 13.0. The van der Waals surface area contributed by atoms with Gasteiger partial charge in [0.2, 0.25) is 0 Å². The van der Waals surface area contributed by atoms with Crippen molar-refractivity contribution in [3.05, 3.63) is 53.2 Å². The zero-order chi connectivity index (χ0) is 18.9. The number of carbonyl (C=O) groups is 2. The van der Waals surface area contributed by atoms with E-state index >= 15 is 0 Å². The van der Waals surface area contributed by atoms with Gasteiger partial charge in [-0.05, 0) is 44.5 Å². The molecule has 0 radical (unpaired) electrons. The molecule has 1 aliphatic heterocycles. The number of nitrogens with one attached hydrogen (secondary N) is 1. The number of ether oxygens (including phenoxy) is 1. The number of fused-ring (bicyclic) bond motifs is 1. The number of aromatic nitrogens is 1. The largest absolute Gasteiger partial charge is 0.464 e. The summed E-state index contributed by atoms with van der Waals surface area (Å²) < 4.78 is 5.79. The number of halogens is 1. The molecule has 0 saturated carbocycles. The van der Waals surface area contributed by atoms with Gasteiger partial charge in [0, 0.05) is 23.8 Å². The van der Waals surface area contributed by atoms with Crippen LogP contribution in [0.3, 0.4) is 0 Å². The normalized spacial score (nSPS) is 19.1. The van der Waals surface area contributed by atoms with Crippen LogP contribution in [0.4, 0.5) is 5.82 Å². The molecular formula is C19H20ClN3O3. The maximum Gasteiger partial charge on any atom is 0.282 e. The van der Waals surface area contributed by atoms with Gasteiger partial charge in [-0.1, -0.05) is 29.8 Å². The van der Waals surface area contributed by atoms with E-state index in [0.717, 1.165) is 5.56 Å². The minimum atomic E-state index is -1.68. The van der Waals surface area contributed by atoms with Crippen LogP contribution in [0.1, 0.15) is 26.3 Å². The fourth-order valence-electron chi connectivity index (χ4n) is 2.84. The molecule has 1 aromatic carbocycles. The fourth-order valence-corrected chi connectivity index (χ4v) is 3.04. The molecule has 1 atom stereocenters. The van der Waals surface area contributed by atoms with E-state index < -0.39 is 17.4 Å². The second kappa shape index (κ2) is 6.96. The van der Waals surface area contributed by atoms with Gasteiger partial charge in [-0.15, -0.1) is 0 Å². The molecule has 1 aliphatic rings. The topological polar surface area (TPSA) is 71.5 Å². The molecule has 2 heterocycles. The average molecular weight is 374 g/mol. The van der Waals surface area contributed by atoms with Gasteiger partial charge in [-0.25, -0.2) is 4.98 Å². The molecule has 1 unspecified atom stereocenters. The summed E-state index contributed by atoms with van der Waals surface area (Å²) in [6, 6.07) is 10.4. The van der Waals surface area contributed by atoms with Crippen molar-refractivity contribution < 1.29 is 14.3 Å². The summed E-state index contributed by atoms with van der Waals surface area (Å²) in [4.78, 5) is 31.6. The van der Waals surface area contributed by atoms with Gasteiger partial charge < -0.3 is 10.1 Å². The Kier molecular flexibility index (Phi) is 4.87. The number of anilines is 1. The third-order valence-electron chi connectivity index (χ3n) is 4.27. The van der Waals surface area contributed by atoms with Gasteiger partial charge in [0.25, 0.3) is 17.4 Å². The predicted octanol–water partition coefficient (Wildman–Crippen LogP) is 2.94. The van der Waals surface area contributed by atoms with E-state index in [1.54, 1.807) is 24.4 Å². The first-order valence-electron chi connectivity index (χ1n) is 8.34. The van der Waals surface area contributed by atoms with Crippen molar-refractivity contribution in [2.24, 2.45) is 0 Å². The second-order valence-electron chi connectivity index (χ2n) is 6.50. The summed E-state index contributed by atoms with van der Waals surface area (Å²) >= 11 is 6.12. The number of nitrogens with zero attached hydrogens (tertiary/aromatic N) is 2. The minimum Gasteiger partial charge on any atom is -0.464 e. The lowest BCUT2D eigenvalue weighted by atomic mass is 9.99. The molecule has 0 bridgehead atoms. The molecule has 2 amide bonds. The second-order valence-corrected chi connectivity index (χ2v) is 6.91. The number of hydrogen-bond donors (Lipinski definition) is 1. The molecule has 136 valence electrons. The highest BCUT2D eigenvalue weighted by Crippen LogP contribution is 2.37. The van der Waals surface area contributed by atoms with Crippen molar-refractivity contribution >= 4 is 29.2 Å². The van der Waals surface area contributed by atoms with Crippen molar-refractivity contribution in [2.75, 3.05) is 4.90 Å². The summed E-state index contributed by atoms with van der Waals surface area (Å²) in [5.41, 5.74) is -0.918. The summed E-state index contributed by atoms with van der Waals surface area (Å²) in [7, 11) is 0. The number of carbonyl (C=O) groups excluding carboxylic acids is 2. The van der Waals surface area contributed by atoms with Crippen molar-refractivity contribution in [2.45, 2.75) is 39.0 Å². The van der Waals surface area contributed by atoms with Crippen LogP contribution in [0.15, 0.2) is 42.6 Å². The van der Waals surface area contributed by atoms with E-state index in [4.69, 9.17) is 16.3 Å². The minimum absolute atomic E-state index is 0.171. The van der Waals surface area contributed by atoms with Crippen LogP contribution in [-0.4, -0.2) is 28.4 Å². The lowest BCUT2D eigenvalue weighted by molar-refractivity contribution is -0.148. The molecule has 0 saturated heterocycles. The lowest BCUT2D eigenvalue weighted by Gasteiger charge is -2.40. The number of pyridine rings is 1. The highest BCUT2D eigenvalue weighted by Gasteiger charge is 2.51. The Hall–Kier alpha value is -2.60. The molecule has 2 aromatic rings. The zero-order valence-electron chi connectivity index (χ0n) is 14.8. The lowest BCUT2D eigenvalue weighted by Crippen LogP contribution is -2.63. The van der Waals surface area contributed by atoms with E-state index in [9.17, 15) is 9.59 Å². The van der Waals surface area contributed by atoms with Gasteiger partial charge in [0.15, 0.2) is 11.6 Å². The first-order chi connectivity index (χ1) is 12.3. The fraction of sp³-hybridized carbons (Fsp3) is 0.316. The quantitative estimate of drug-likeness (QED) is 0.836. The van der Waals surface area contributed by atoms with Crippen molar-refractivity contribution in [3.8, 4) is 5.75 Å². The molecule has 6 nitrogen and oxygen atoms in total. The maximum absolute atomic E-state index is 13.0. The Balaban J connectivity index is 1.87.